The van der Waals surface area contributed by atoms with Crippen LogP contribution in [0.15, 0.2) is 66.2 Å². The van der Waals surface area contributed by atoms with Crippen LogP contribution < -0.4 is 10.9 Å². The quantitative estimate of drug-likeness (QED) is 0.578. The lowest BCUT2D eigenvalue weighted by molar-refractivity contribution is -0.116. The summed E-state index contributed by atoms with van der Waals surface area (Å²) in [5.41, 5.74) is 3.03. The Morgan fingerprint density at radius 1 is 1.11 bits per heavy atom. The summed E-state index contributed by atoms with van der Waals surface area (Å²) in [6.45, 7) is 2.18. The Morgan fingerprint density at radius 2 is 1.93 bits per heavy atom. The summed E-state index contributed by atoms with van der Waals surface area (Å²) in [6, 6.07) is 12.8. The van der Waals surface area contributed by atoms with E-state index in [2.05, 4.69) is 20.4 Å². The maximum Gasteiger partial charge on any atom is 0.261 e. The first-order valence-corrected chi connectivity index (χ1v) is 8.81. The molecule has 28 heavy (non-hydrogen) atoms. The maximum absolute atomic E-state index is 12.6. The summed E-state index contributed by atoms with van der Waals surface area (Å²) >= 11 is 0. The predicted molar refractivity (Wildman–Crippen MR) is 105 cm³/mol. The summed E-state index contributed by atoms with van der Waals surface area (Å²) in [4.78, 5) is 33.1. The Morgan fingerprint density at radius 3 is 2.68 bits per heavy atom. The Hall–Kier alpha value is -3.81. The van der Waals surface area contributed by atoms with Gasteiger partial charge in [-0.1, -0.05) is 12.1 Å². The molecule has 140 valence electrons. The summed E-state index contributed by atoms with van der Waals surface area (Å²) in [5.74, 6) is -0.176. The van der Waals surface area contributed by atoms with Gasteiger partial charge in [0.1, 0.15) is 12.7 Å². The Labute approximate surface area is 160 Å². The van der Waals surface area contributed by atoms with Gasteiger partial charge in [0.15, 0.2) is 0 Å². The van der Waals surface area contributed by atoms with Gasteiger partial charge in [0.05, 0.1) is 22.9 Å². The van der Waals surface area contributed by atoms with Crippen LogP contribution in [-0.4, -0.2) is 30.2 Å². The number of aromatic nitrogens is 5. The van der Waals surface area contributed by atoms with E-state index in [0.717, 1.165) is 11.3 Å². The van der Waals surface area contributed by atoms with Crippen LogP contribution in [0.2, 0.25) is 0 Å². The molecule has 0 radical (unpaired) electrons. The van der Waals surface area contributed by atoms with Crippen molar-refractivity contribution in [2.24, 2.45) is 0 Å². The molecule has 0 fully saturated rings. The molecule has 0 bridgehead atoms. The van der Waals surface area contributed by atoms with Crippen LogP contribution in [-0.2, 0) is 11.3 Å². The number of carbonyl (C=O) groups is 1. The largest absolute Gasteiger partial charge is 0.326 e. The molecule has 0 unspecified atom stereocenters. The smallest absolute Gasteiger partial charge is 0.261 e. The minimum atomic E-state index is -0.176. The van der Waals surface area contributed by atoms with Gasteiger partial charge in [0.25, 0.3) is 5.56 Å². The zero-order valence-corrected chi connectivity index (χ0v) is 15.2. The minimum Gasteiger partial charge on any atom is -0.326 e. The van der Waals surface area contributed by atoms with Crippen molar-refractivity contribution in [2.75, 3.05) is 5.32 Å². The highest BCUT2D eigenvalue weighted by atomic mass is 16.2. The fourth-order valence-electron chi connectivity index (χ4n) is 2.98. The van der Waals surface area contributed by atoms with E-state index >= 15 is 0 Å². The number of hydrogen-bond acceptors (Lipinski definition) is 5. The summed E-state index contributed by atoms with van der Waals surface area (Å²) in [7, 11) is 0. The minimum absolute atomic E-state index is 0.140. The first kappa shape index (κ1) is 17.6. The fraction of sp³-hybridized carbons (Fsp3) is 0.150. The average molecular weight is 374 g/mol. The number of para-hydroxylation sites is 1. The predicted octanol–water partition coefficient (Wildman–Crippen LogP) is 2.31. The third-order valence-corrected chi connectivity index (χ3v) is 4.47. The average Bonchev–Trinajstić information content (AvgIpc) is 3.23. The number of carbonyl (C=O) groups excluding carboxylic acids is 1. The second kappa shape index (κ2) is 7.43. The van der Waals surface area contributed by atoms with Gasteiger partial charge in [-0.05, 0) is 42.8 Å². The number of anilines is 1. The SMILES string of the molecule is Cc1cccc2c(=O)n(CCC(=O)Nc3ccc(-n4cncn4)cc3)cnc12. The highest BCUT2D eigenvalue weighted by Crippen LogP contribution is 2.13. The Balaban J connectivity index is 1.41. The number of aryl methyl sites for hydroxylation is 2. The molecule has 0 spiro atoms. The number of nitrogens with zero attached hydrogens (tertiary/aromatic N) is 5. The molecule has 2 aromatic heterocycles. The number of nitrogens with one attached hydrogen (secondary N) is 1. The second-order valence-electron chi connectivity index (χ2n) is 6.40. The van der Waals surface area contributed by atoms with Crippen LogP contribution in [0.25, 0.3) is 16.6 Å². The van der Waals surface area contributed by atoms with E-state index in [1.54, 1.807) is 29.2 Å². The van der Waals surface area contributed by atoms with Gasteiger partial charge in [-0.25, -0.2) is 14.6 Å². The molecule has 1 N–H and O–H groups in total. The Bertz CT molecular complexity index is 1180. The van der Waals surface area contributed by atoms with Gasteiger partial charge in [-0.2, -0.15) is 5.10 Å². The maximum atomic E-state index is 12.6. The van der Waals surface area contributed by atoms with E-state index in [0.29, 0.717) is 16.6 Å². The third-order valence-electron chi connectivity index (χ3n) is 4.47. The van der Waals surface area contributed by atoms with Crippen LogP contribution >= 0.6 is 0 Å². The van der Waals surface area contributed by atoms with Gasteiger partial charge >= 0.3 is 0 Å². The molecule has 0 saturated heterocycles. The molecule has 8 heteroatoms. The van der Waals surface area contributed by atoms with E-state index in [1.165, 1.54) is 17.2 Å². The first-order chi connectivity index (χ1) is 13.6. The van der Waals surface area contributed by atoms with Crippen LogP contribution in [0.1, 0.15) is 12.0 Å². The topological polar surface area (TPSA) is 94.7 Å². The number of hydrogen-bond donors (Lipinski definition) is 1. The molecule has 8 nitrogen and oxygen atoms in total. The molecule has 0 aliphatic carbocycles. The van der Waals surface area contributed by atoms with Crippen molar-refractivity contribution in [1.82, 2.24) is 24.3 Å². The van der Waals surface area contributed by atoms with Crippen LogP contribution in [0, 0.1) is 6.92 Å². The molecule has 1 amide bonds. The normalized spacial score (nSPS) is 10.9. The van der Waals surface area contributed by atoms with E-state index < -0.39 is 0 Å². The first-order valence-electron chi connectivity index (χ1n) is 8.81. The number of fused-ring (bicyclic) bond motifs is 1. The van der Waals surface area contributed by atoms with Gasteiger partial charge in [0.2, 0.25) is 5.91 Å². The summed E-state index contributed by atoms with van der Waals surface area (Å²) in [6.07, 6.45) is 4.73. The van der Waals surface area contributed by atoms with E-state index in [4.69, 9.17) is 0 Å². The van der Waals surface area contributed by atoms with E-state index in [9.17, 15) is 9.59 Å². The lowest BCUT2D eigenvalue weighted by Gasteiger charge is -2.09. The van der Waals surface area contributed by atoms with Crippen LogP contribution in [0.4, 0.5) is 5.69 Å². The molecule has 0 aliphatic heterocycles. The Kier molecular flexibility index (Phi) is 4.67. The van der Waals surface area contributed by atoms with E-state index in [1.807, 2.05) is 31.2 Å². The second-order valence-corrected chi connectivity index (χ2v) is 6.40. The molecule has 4 rings (SSSR count). The highest BCUT2D eigenvalue weighted by Gasteiger charge is 2.08. The van der Waals surface area contributed by atoms with E-state index in [-0.39, 0.29) is 24.4 Å². The number of rotatable bonds is 5. The van der Waals surface area contributed by atoms with Gasteiger partial charge in [-0.3, -0.25) is 14.2 Å². The lowest BCUT2D eigenvalue weighted by atomic mass is 10.1. The number of benzene rings is 2. The van der Waals surface area contributed by atoms with Crippen LogP contribution in [0.3, 0.4) is 0 Å². The highest BCUT2D eigenvalue weighted by molar-refractivity contribution is 5.90. The van der Waals surface area contributed by atoms with Crippen molar-refractivity contribution in [3.8, 4) is 5.69 Å². The van der Waals surface area contributed by atoms with Crippen molar-refractivity contribution in [3.63, 3.8) is 0 Å². The van der Waals surface area contributed by atoms with Crippen LogP contribution in [0.5, 0.6) is 0 Å². The van der Waals surface area contributed by atoms with Gasteiger partial charge < -0.3 is 5.32 Å². The monoisotopic (exact) mass is 374 g/mol. The molecule has 4 aromatic rings. The van der Waals surface area contributed by atoms with Crippen molar-refractivity contribution >= 4 is 22.5 Å². The zero-order valence-electron chi connectivity index (χ0n) is 15.2. The molecular formula is C20H18N6O2. The zero-order chi connectivity index (χ0) is 19.5. The molecule has 2 aromatic carbocycles. The van der Waals surface area contributed by atoms with Crippen molar-refractivity contribution in [2.45, 2.75) is 19.9 Å². The van der Waals surface area contributed by atoms with Gasteiger partial charge in [0, 0.05) is 18.7 Å². The standard InChI is InChI=1S/C20H18N6O2/c1-14-3-2-4-17-19(14)22-13-25(20(17)28)10-9-18(27)24-15-5-7-16(8-6-15)26-12-21-11-23-26/h2-8,11-13H,9-10H2,1H3,(H,24,27). The molecule has 2 heterocycles. The lowest BCUT2D eigenvalue weighted by Crippen LogP contribution is -2.23. The van der Waals surface area contributed by atoms with Crippen molar-refractivity contribution in [3.05, 3.63) is 77.4 Å². The molecule has 0 atom stereocenters. The number of amides is 1. The van der Waals surface area contributed by atoms with Crippen molar-refractivity contribution < 1.29 is 4.79 Å². The van der Waals surface area contributed by atoms with Crippen molar-refractivity contribution in [1.29, 1.82) is 0 Å². The molecule has 0 saturated carbocycles. The summed E-state index contributed by atoms with van der Waals surface area (Å²) < 4.78 is 3.10. The fourth-order valence-corrected chi connectivity index (χ4v) is 2.98. The molecule has 0 aliphatic rings. The van der Waals surface area contributed by atoms with Gasteiger partial charge in [-0.15, -0.1) is 0 Å². The third kappa shape index (κ3) is 3.52. The summed E-state index contributed by atoms with van der Waals surface area (Å²) in [5, 5.41) is 7.45. The molecular weight excluding hydrogens is 356 g/mol.